The highest BCUT2D eigenvalue weighted by Crippen LogP contribution is 2.52. The lowest BCUT2D eigenvalue weighted by Gasteiger charge is -2.43. The molecule has 1 aromatic rings. The van der Waals surface area contributed by atoms with Crippen LogP contribution in [0.2, 0.25) is 0 Å². The number of hydrogen-bond donors (Lipinski definition) is 2. The second-order valence-electron chi connectivity index (χ2n) is 9.67. The van der Waals surface area contributed by atoms with E-state index in [0.717, 1.165) is 31.4 Å². The zero-order valence-corrected chi connectivity index (χ0v) is 21.3. The summed E-state index contributed by atoms with van der Waals surface area (Å²) in [6, 6.07) is 6.82. The molecular weight excluding hydrogens is 534 g/mol. The molecule has 5 rings (SSSR count). The minimum Gasteiger partial charge on any atom is -0.356 e. The third-order valence-electron chi connectivity index (χ3n) is 8.00. The first kappa shape index (κ1) is 24.2. The molecule has 3 fully saturated rings. The third kappa shape index (κ3) is 4.31. The Morgan fingerprint density at radius 3 is 2.27 bits per heavy atom. The van der Waals surface area contributed by atoms with Crippen molar-refractivity contribution in [3.8, 4) is 0 Å². The van der Waals surface area contributed by atoms with Crippen molar-refractivity contribution < 1.29 is 14.0 Å². The Morgan fingerprint density at radius 1 is 1.09 bits per heavy atom. The van der Waals surface area contributed by atoms with Gasteiger partial charge in [-0.05, 0) is 55.2 Å². The van der Waals surface area contributed by atoms with Gasteiger partial charge in [-0.25, -0.2) is 4.39 Å². The van der Waals surface area contributed by atoms with Crippen LogP contribution in [0.5, 0.6) is 0 Å². The average Bonchev–Trinajstić information content (AvgIpc) is 3.45. The lowest BCUT2D eigenvalue weighted by atomic mass is 9.64. The Bertz CT molecular complexity index is 930. The third-order valence-corrected chi connectivity index (χ3v) is 8.00. The molecular formula is C25H32FIN4O2. The molecule has 1 aromatic carbocycles. The van der Waals surface area contributed by atoms with Crippen LogP contribution in [0.3, 0.4) is 0 Å². The van der Waals surface area contributed by atoms with Gasteiger partial charge < -0.3 is 10.6 Å². The maximum absolute atomic E-state index is 13.3. The number of aliphatic imine (C=N–C) groups is 1. The molecule has 33 heavy (non-hydrogen) atoms. The predicted molar refractivity (Wildman–Crippen MR) is 136 cm³/mol. The quantitative estimate of drug-likeness (QED) is 0.133. The predicted octanol–water partition coefficient (Wildman–Crippen LogP) is 3.23. The number of guanidine groups is 1. The Morgan fingerprint density at radius 2 is 1.73 bits per heavy atom. The Kier molecular flexibility index (Phi) is 7.12. The molecule has 2 amide bonds. The standard InChI is InChI=1S/C25H31FN4O2.HI/c1-27-24(29-15-25(10-2-11-25)18-6-8-19(26)9-7-18)28-12-3-13-30-22(31)20-16-4-5-17(14-16)21(20)23(30)32;/h4-9,16-17,20-21H,2-3,10-15H2,1H3,(H2,27,28,29);1H. The number of carbonyl (C=O) groups is 2. The van der Waals surface area contributed by atoms with Gasteiger partial charge in [0.05, 0.1) is 11.8 Å². The van der Waals surface area contributed by atoms with Crippen molar-refractivity contribution in [1.29, 1.82) is 0 Å². The van der Waals surface area contributed by atoms with E-state index in [1.54, 1.807) is 7.05 Å². The maximum atomic E-state index is 13.3. The fourth-order valence-corrected chi connectivity index (χ4v) is 6.08. The first-order valence-electron chi connectivity index (χ1n) is 11.8. The average molecular weight is 566 g/mol. The molecule has 0 aromatic heterocycles. The molecule has 2 N–H and O–H groups in total. The summed E-state index contributed by atoms with van der Waals surface area (Å²) in [5, 5.41) is 6.71. The Hall–Kier alpha value is -1.97. The monoisotopic (exact) mass is 566 g/mol. The summed E-state index contributed by atoms with van der Waals surface area (Å²) in [4.78, 5) is 31.3. The largest absolute Gasteiger partial charge is 0.356 e. The fraction of sp³-hybridized carbons (Fsp3) is 0.560. The van der Waals surface area contributed by atoms with E-state index in [-0.39, 0.29) is 70.7 Å². The van der Waals surface area contributed by atoms with Crippen molar-refractivity contribution in [1.82, 2.24) is 15.5 Å². The van der Waals surface area contributed by atoms with E-state index < -0.39 is 0 Å². The van der Waals surface area contributed by atoms with Crippen molar-refractivity contribution in [2.75, 3.05) is 26.7 Å². The summed E-state index contributed by atoms with van der Waals surface area (Å²) < 4.78 is 13.3. The van der Waals surface area contributed by atoms with Gasteiger partial charge in [-0.2, -0.15) is 0 Å². The number of imide groups is 1. The van der Waals surface area contributed by atoms with Crippen molar-refractivity contribution >= 4 is 41.8 Å². The van der Waals surface area contributed by atoms with Crippen LogP contribution in [0, 0.1) is 29.5 Å². The number of nitrogens with one attached hydrogen (secondary N) is 2. The van der Waals surface area contributed by atoms with Crippen molar-refractivity contribution in [2.24, 2.45) is 28.7 Å². The minimum absolute atomic E-state index is 0. The number of benzene rings is 1. The van der Waals surface area contributed by atoms with Crippen molar-refractivity contribution in [2.45, 2.75) is 37.5 Å². The van der Waals surface area contributed by atoms with Crippen molar-refractivity contribution in [3.63, 3.8) is 0 Å². The van der Waals surface area contributed by atoms with Gasteiger partial charge in [0.2, 0.25) is 11.8 Å². The minimum atomic E-state index is -0.212. The Labute approximate surface area is 211 Å². The zero-order chi connectivity index (χ0) is 22.3. The lowest BCUT2D eigenvalue weighted by molar-refractivity contribution is -0.140. The SMILES string of the molecule is CN=C(NCCCN1C(=O)C2C3C=CC(C3)C2C1=O)NCC1(c2ccc(F)cc2)CCC1.I. The van der Waals surface area contributed by atoms with Gasteiger partial charge in [0.15, 0.2) is 5.96 Å². The number of rotatable bonds is 7. The molecule has 1 saturated heterocycles. The Balaban J connectivity index is 0.00000259. The van der Waals surface area contributed by atoms with E-state index in [1.807, 2.05) is 12.1 Å². The second kappa shape index (κ2) is 9.72. The van der Waals surface area contributed by atoms with Crippen LogP contribution < -0.4 is 10.6 Å². The molecule has 4 unspecified atom stereocenters. The number of allylic oxidation sites excluding steroid dienone is 2. The van der Waals surface area contributed by atoms with E-state index in [9.17, 15) is 14.0 Å². The molecule has 2 bridgehead atoms. The number of amides is 2. The van der Waals surface area contributed by atoms with E-state index in [2.05, 4.69) is 27.8 Å². The van der Waals surface area contributed by atoms with Crippen LogP contribution in [0.15, 0.2) is 41.4 Å². The first-order chi connectivity index (χ1) is 15.5. The summed E-state index contributed by atoms with van der Waals surface area (Å²) in [6.45, 7) is 1.81. The topological polar surface area (TPSA) is 73.8 Å². The van der Waals surface area contributed by atoms with Gasteiger partial charge in [-0.3, -0.25) is 19.5 Å². The van der Waals surface area contributed by atoms with Crippen LogP contribution in [-0.4, -0.2) is 49.4 Å². The van der Waals surface area contributed by atoms with Gasteiger partial charge >= 0.3 is 0 Å². The summed E-state index contributed by atoms with van der Waals surface area (Å²) in [7, 11) is 1.73. The molecule has 2 saturated carbocycles. The molecule has 4 atom stereocenters. The van der Waals surface area contributed by atoms with E-state index in [4.69, 9.17) is 0 Å². The summed E-state index contributed by atoms with van der Waals surface area (Å²) >= 11 is 0. The molecule has 8 heteroatoms. The molecule has 1 aliphatic heterocycles. The number of likely N-dealkylation sites (tertiary alicyclic amines) is 1. The first-order valence-corrected chi connectivity index (χ1v) is 11.8. The smallest absolute Gasteiger partial charge is 0.233 e. The van der Waals surface area contributed by atoms with Gasteiger partial charge in [-0.1, -0.05) is 30.7 Å². The van der Waals surface area contributed by atoms with Crippen LogP contribution in [-0.2, 0) is 15.0 Å². The molecule has 1 heterocycles. The van der Waals surface area contributed by atoms with Gasteiger partial charge in [0, 0.05) is 32.1 Å². The highest BCUT2D eigenvalue weighted by Gasteiger charge is 2.58. The van der Waals surface area contributed by atoms with E-state index in [0.29, 0.717) is 25.5 Å². The molecule has 6 nitrogen and oxygen atoms in total. The van der Waals surface area contributed by atoms with Gasteiger partial charge in [0.1, 0.15) is 5.82 Å². The molecule has 0 spiro atoms. The molecule has 178 valence electrons. The summed E-state index contributed by atoms with van der Waals surface area (Å²) in [5.41, 5.74) is 1.18. The van der Waals surface area contributed by atoms with Crippen LogP contribution in [0.4, 0.5) is 4.39 Å². The zero-order valence-electron chi connectivity index (χ0n) is 18.9. The van der Waals surface area contributed by atoms with Crippen LogP contribution >= 0.6 is 24.0 Å². The lowest BCUT2D eigenvalue weighted by Crippen LogP contribution is -2.49. The summed E-state index contributed by atoms with van der Waals surface area (Å²) in [5.74, 6) is 0.805. The summed E-state index contributed by atoms with van der Waals surface area (Å²) in [6.07, 6.45) is 9.20. The van der Waals surface area contributed by atoms with Crippen LogP contribution in [0.25, 0.3) is 0 Å². The van der Waals surface area contributed by atoms with Gasteiger partial charge in [0.25, 0.3) is 0 Å². The highest BCUT2D eigenvalue weighted by molar-refractivity contribution is 14.0. The molecule has 4 aliphatic rings. The van der Waals surface area contributed by atoms with Crippen LogP contribution in [0.1, 0.15) is 37.7 Å². The van der Waals surface area contributed by atoms with E-state index >= 15 is 0 Å². The normalized spacial score (nSPS) is 29.0. The fourth-order valence-electron chi connectivity index (χ4n) is 6.08. The van der Waals surface area contributed by atoms with Gasteiger partial charge in [-0.15, -0.1) is 24.0 Å². The highest BCUT2D eigenvalue weighted by atomic mass is 127. The van der Waals surface area contributed by atoms with E-state index in [1.165, 1.54) is 23.5 Å². The number of carbonyl (C=O) groups excluding carboxylic acids is 2. The second-order valence-corrected chi connectivity index (χ2v) is 9.67. The number of nitrogens with zero attached hydrogens (tertiary/aromatic N) is 2. The molecule has 0 radical (unpaired) electrons. The number of fused-ring (bicyclic) bond motifs is 5. The maximum Gasteiger partial charge on any atom is 0.233 e. The number of halogens is 2. The molecule has 3 aliphatic carbocycles. The van der Waals surface area contributed by atoms with Crippen molar-refractivity contribution in [3.05, 3.63) is 47.8 Å². The number of hydrogen-bond acceptors (Lipinski definition) is 3.